The minimum absolute atomic E-state index is 0.268. The van der Waals surface area contributed by atoms with Gasteiger partial charge in [0.15, 0.2) is 0 Å². The van der Waals surface area contributed by atoms with Gasteiger partial charge in [0.2, 0.25) is 0 Å². The summed E-state index contributed by atoms with van der Waals surface area (Å²) in [5.74, 6) is 0.644. The fraction of sp³-hybridized carbons (Fsp3) is 0.562. The quantitative estimate of drug-likeness (QED) is 0.718. The minimum Gasteiger partial charge on any atom is -0.492 e. The molecule has 1 aromatic rings. The second kappa shape index (κ2) is 8.57. The molecular weight excluding hydrogens is 254 g/mol. The van der Waals surface area contributed by atoms with Crippen molar-refractivity contribution in [3.05, 3.63) is 29.8 Å². The second-order valence-corrected chi connectivity index (χ2v) is 4.87. The summed E-state index contributed by atoms with van der Waals surface area (Å²) in [6.07, 6.45) is 4.59. The van der Waals surface area contributed by atoms with E-state index in [4.69, 9.17) is 19.5 Å². The van der Waals surface area contributed by atoms with Crippen LogP contribution in [0.3, 0.4) is 0 Å². The number of nitrogens with zero attached hydrogens (tertiary/aromatic N) is 1. The molecule has 4 heteroatoms. The van der Waals surface area contributed by atoms with E-state index in [1.165, 1.54) is 12.8 Å². The van der Waals surface area contributed by atoms with E-state index in [0.717, 1.165) is 19.4 Å². The van der Waals surface area contributed by atoms with Gasteiger partial charge in [-0.2, -0.15) is 5.26 Å². The molecular formula is C16H21NO3. The molecule has 1 aliphatic heterocycles. The Bertz CT molecular complexity index is 436. The maximum Gasteiger partial charge on any atom is 0.137 e. The van der Waals surface area contributed by atoms with Crippen LogP contribution in [0.1, 0.15) is 31.2 Å². The van der Waals surface area contributed by atoms with Crippen LogP contribution < -0.4 is 4.74 Å². The van der Waals surface area contributed by atoms with Gasteiger partial charge in [0.25, 0.3) is 0 Å². The van der Waals surface area contributed by atoms with Crippen LogP contribution >= 0.6 is 0 Å². The summed E-state index contributed by atoms with van der Waals surface area (Å²) in [5.41, 5.74) is 0.573. The molecule has 0 bridgehead atoms. The number of ether oxygens (including phenoxy) is 3. The van der Waals surface area contributed by atoms with Crippen molar-refractivity contribution in [1.29, 1.82) is 5.26 Å². The fourth-order valence-corrected chi connectivity index (χ4v) is 2.18. The van der Waals surface area contributed by atoms with Gasteiger partial charge in [-0.25, -0.2) is 0 Å². The molecule has 1 atom stereocenters. The second-order valence-electron chi connectivity index (χ2n) is 4.87. The highest BCUT2D eigenvalue weighted by Gasteiger charge is 2.13. The first-order chi connectivity index (χ1) is 9.90. The summed E-state index contributed by atoms with van der Waals surface area (Å²) in [6, 6.07) is 9.39. The summed E-state index contributed by atoms with van der Waals surface area (Å²) >= 11 is 0. The van der Waals surface area contributed by atoms with Crippen LogP contribution in [0.2, 0.25) is 0 Å². The van der Waals surface area contributed by atoms with Gasteiger partial charge in [-0.05, 0) is 31.4 Å². The predicted molar refractivity (Wildman–Crippen MR) is 75.7 cm³/mol. The summed E-state index contributed by atoms with van der Waals surface area (Å²) in [7, 11) is 0. The van der Waals surface area contributed by atoms with Crippen LogP contribution in [0.4, 0.5) is 0 Å². The van der Waals surface area contributed by atoms with E-state index in [0.29, 0.717) is 31.1 Å². The van der Waals surface area contributed by atoms with E-state index in [2.05, 4.69) is 6.07 Å². The zero-order chi connectivity index (χ0) is 14.0. The lowest BCUT2D eigenvalue weighted by Gasteiger charge is -2.22. The molecule has 20 heavy (non-hydrogen) atoms. The van der Waals surface area contributed by atoms with Gasteiger partial charge >= 0.3 is 0 Å². The molecule has 108 valence electrons. The Morgan fingerprint density at radius 3 is 2.95 bits per heavy atom. The lowest BCUT2D eigenvalue weighted by Crippen LogP contribution is -2.24. The largest absolute Gasteiger partial charge is 0.492 e. The Morgan fingerprint density at radius 1 is 1.25 bits per heavy atom. The zero-order valence-corrected chi connectivity index (χ0v) is 11.7. The van der Waals surface area contributed by atoms with Crippen molar-refractivity contribution in [2.45, 2.75) is 31.8 Å². The van der Waals surface area contributed by atoms with Gasteiger partial charge in [0.05, 0.1) is 24.9 Å². The van der Waals surface area contributed by atoms with Gasteiger partial charge in [0, 0.05) is 19.6 Å². The first-order valence-corrected chi connectivity index (χ1v) is 7.21. The highest BCUT2D eigenvalue weighted by atomic mass is 16.5. The number of rotatable bonds is 7. The molecule has 0 saturated carbocycles. The number of benzene rings is 1. The summed E-state index contributed by atoms with van der Waals surface area (Å²) in [6.45, 7) is 2.76. The molecule has 1 aliphatic rings. The molecule has 4 nitrogen and oxygen atoms in total. The standard InChI is InChI=1S/C16H21NO3/c17-12-14-6-1-2-8-16(14)20-11-5-9-18-13-15-7-3-4-10-19-15/h1-2,6,8,15H,3-5,7,9-11,13H2. The summed E-state index contributed by atoms with van der Waals surface area (Å²) < 4.78 is 16.8. The molecule has 0 spiro atoms. The van der Waals surface area contributed by atoms with Gasteiger partial charge < -0.3 is 14.2 Å². The minimum atomic E-state index is 0.268. The Hall–Kier alpha value is -1.57. The highest BCUT2D eigenvalue weighted by molar-refractivity contribution is 5.42. The monoisotopic (exact) mass is 275 g/mol. The lowest BCUT2D eigenvalue weighted by atomic mass is 10.1. The van der Waals surface area contributed by atoms with Crippen molar-refractivity contribution < 1.29 is 14.2 Å². The van der Waals surface area contributed by atoms with E-state index >= 15 is 0 Å². The molecule has 0 amide bonds. The molecule has 1 unspecified atom stereocenters. The van der Waals surface area contributed by atoms with Crippen LogP contribution in [-0.4, -0.2) is 32.5 Å². The van der Waals surface area contributed by atoms with Gasteiger partial charge in [-0.3, -0.25) is 0 Å². The van der Waals surface area contributed by atoms with Gasteiger partial charge in [-0.15, -0.1) is 0 Å². The van der Waals surface area contributed by atoms with Crippen LogP contribution in [0, 0.1) is 11.3 Å². The molecule has 1 heterocycles. The van der Waals surface area contributed by atoms with Gasteiger partial charge in [-0.1, -0.05) is 12.1 Å². The van der Waals surface area contributed by atoms with Crippen LogP contribution in [0.5, 0.6) is 5.75 Å². The third kappa shape index (κ3) is 4.84. The molecule has 0 radical (unpaired) electrons. The van der Waals surface area contributed by atoms with E-state index in [1.807, 2.05) is 18.2 Å². The Balaban J connectivity index is 1.56. The highest BCUT2D eigenvalue weighted by Crippen LogP contribution is 2.16. The molecule has 0 N–H and O–H groups in total. The van der Waals surface area contributed by atoms with E-state index in [-0.39, 0.29) is 6.10 Å². The SMILES string of the molecule is N#Cc1ccccc1OCCCOCC1CCCCO1. The summed E-state index contributed by atoms with van der Waals surface area (Å²) in [5, 5.41) is 8.93. The number of nitriles is 1. The van der Waals surface area contributed by atoms with Crippen LogP contribution in [0.15, 0.2) is 24.3 Å². The molecule has 1 fully saturated rings. The molecule has 1 saturated heterocycles. The molecule has 2 rings (SSSR count). The van der Waals surface area contributed by atoms with E-state index in [1.54, 1.807) is 6.07 Å². The van der Waals surface area contributed by atoms with Crippen molar-refractivity contribution in [2.24, 2.45) is 0 Å². The fourth-order valence-electron chi connectivity index (χ4n) is 2.18. The average molecular weight is 275 g/mol. The molecule has 0 aromatic heterocycles. The third-order valence-electron chi connectivity index (χ3n) is 3.28. The smallest absolute Gasteiger partial charge is 0.137 e. The summed E-state index contributed by atoms with van der Waals surface area (Å²) in [4.78, 5) is 0. The van der Waals surface area contributed by atoms with Crippen LogP contribution in [-0.2, 0) is 9.47 Å². The molecule has 0 aliphatic carbocycles. The Labute approximate surface area is 120 Å². The Morgan fingerprint density at radius 2 is 2.15 bits per heavy atom. The van der Waals surface area contributed by atoms with Crippen molar-refractivity contribution in [2.75, 3.05) is 26.4 Å². The average Bonchev–Trinajstić information content (AvgIpc) is 2.52. The third-order valence-corrected chi connectivity index (χ3v) is 3.28. The number of para-hydroxylation sites is 1. The van der Waals surface area contributed by atoms with Crippen molar-refractivity contribution in [3.8, 4) is 11.8 Å². The Kier molecular flexibility index (Phi) is 6.36. The van der Waals surface area contributed by atoms with E-state index < -0.39 is 0 Å². The van der Waals surface area contributed by atoms with Crippen molar-refractivity contribution in [3.63, 3.8) is 0 Å². The maximum absolute atomic E-state index is 8.93. The molecule has 1 aromatic carbocycles. The van der Waals surface area contributed by atoms with Crippen molar-refractivity contribution in [1.82, 2.24) is 0 Å². The lowest BCUT2D eigenvalue weighted by molar-refractivity contribution is -0.0419. The predicted octanol–water partition coefficient (Wildman–Crippen LogP) is 2.91. The van der Waals surface area contributed by atoms with Crippen LogP contribution in [0.25, 0.3) is 0 Å². The maximum atomic E-state index is 8.93. The number of hydrogen-bond acceptors (Lipinski definition) is 4. The van der Waals surface area contributed by atoms with Crippen molar-refractivity contribution >= 4 is 0 Å². The topological polar surface area (TPSA) is 51.5 Å². The van der Waals surface area contributed by atoms with Gasteiger partial charge in [0.1, 0.15) is 11.8 Å². The first kappa shape index (κ1) is 14.8. The van der Waals surface area contributed by atoms with E-state index in [9.17, 15) is 0 Å². The first-order valence-electron chi connectivity index (χ1n) is 7.21. The zero-order valence-electron chi connectivity index (χ0n) is 11.7. The normalized spacial score (nSPS) is 18.4. The number of hydrogen-bond donors (Lipinski definition) is 0.